The first-order valence-corrected chi connectivity index (χ1v) is 14.4. The van der Waals surface area contributed by atoms with Crippen molar-refractivity contribution < 1.29 is 4.79 Å². The van der Waals surface area contributed by atoms with Gasteiger partial charge in [0.25, 0.3) is 11.5 Å². The molecule has 10 heteroatoms. The van der Waals surface area contributed by atoms with Crippen LogP contribution in [0, 0.1) is 13.8 Å². The summed E-state index contributed by atoms with van der Waals surface area (Å²) in [5.41, 5.74) is 6.07. The van der Waals surface area contributed by atoms with E-state index in [1.54, 1.807) is 12.5 Å². The predicted molar refractivity (Wildman–Crippen MR) is 166 cm³/mol. The highest BCUT2D eigenvalue weighted by molar-refractivity contribution is 6.08. The Bertz CT molecular complexity index is 1860. The molecule has 3 aromatic heterocycles. The minimum Gasteiger partial charge on any atom is -0.353 e. The fraction of sp³-hybridized carbons (Fsp3) is 0.344. The number of amides is 1. The van der Waals surface area contributed by atoms with Crippen LogP contribution in [-0.2, 0) is 6.54 Å². The normalized spacial score (nSPS) is 14.3. The second-order valence-electron chi connectivity index (χ2n) is 11.5. The number of fused-ring (bicyclic) bond motifs is 2. The molecule has 1 amide bonds. The fourth-order valence-electron chi connectivity index (χ4n) is 5.77. The van der Waals surface area contributed by atoms with Crippen molar-refractivity contribution in [3.63, 3.8) is 0 Å². The molecule has 1 aliphatic rings. The number of hydrogen-bond acceptors (Lipinski definition) is 7. The second kappa shape index (κ2) is 11.0. The number of aryl methyl sites for hydroxylation is 2. The molecule has 216 valence electrons. The van der Waals surface area contributed by atoms with Crippen molar-refractivity contribution in [2.24, 2.45) is 0 Å². The Morgan fingerprint density at radius 2 is 1.79 bits per heavy atom. The fourth-order valence-corrected chi connectivity index (χ4v) is 5.77. The van der Waals surface area contributed by atoms with Gasteiger partial charge >= 0.3 is 0 Å². The number of nitrogens with one attached hydrogen (secondary N) is 2. The van der Waals surface area contributed by atoms with Crippen LogP contribution < -0.4 is 15.8 Å². The zero-order valence-corrected chi connectivity index (χ0v) is 24.7. The van der Waals surface area contributed by atoms with E-state index < -0.39 is 0 Å². The van der Waals surface area contributed by atoms with Gasteiger partial charge in [0.1, 0.15) is 12.1 Å². The third-order valence-corrected chi connectivity index (χ3v) is 8.12. The monoisotopic (exact) mass is 564 g/mol. The molecule has 10 nitrogen and oxygen atoms in total. The number of anilines is 1. The van der Waals surface area contributed by atoms with Crippen LogP contribution >= 0.6 is 0 Å². The maximum absolute atomic E-state index is 13.6. The van der Waals surface area contributed by atoms with Gasteiger partial charge in [0.05, 0.1) is 22.8 Å². The third kappa shape index (κ3) is 5.14. The molecule has 0 aliphatic carbocycles. The SMILES string of the molecule is Cc1cc(C)c(CNC(=O)c2cc(-c3ccc4c(N5CCN(C)CC5)ncnc4c3)cc3c2cnn3C(C)C)c(=O)[nH]1. The smallest absolute Gasteiger partial charge is 0.253 e. The van der Waals surface area contributed by atoms with Gasteiger partial charge in [0.15, 0.2) is 0 Å². The molecule has 5 aromatic rings. The minimum absolute atomic E-state index is 0.109. The van der Waals surface area contributed by atoms with Crippen molar-refractivity contribution in [3.05, 3.63) is 81.7 Å². The first-order chi connectivity index (χ1) is 20.2. The molecule has 2 aromatic carbocycles. The Morgan fingerprint density at radius 3 is 2.52 bits per heavy atom. The summed E-state index contributed by atoms with van der Waals surface area (Å²) in [7, 11) is 2.14. The van der Waals surface area contributed by atoms with Crippen molar-refractivity contribution in [1.82, 2.24) is 34.9 Å². The number of hydrogen-bond donors (Lipinski definition) is 2. The highest BCUT2D eigenvalue weighted by Gasteiger charge is 2.20. The van der Waals surface area contributed by atoms with Crippen molar-refractivity contribution >= 4 is 33.5 Å². The molecule has 1 fully saturated rings. The van der Waals surface area contributed by atoms with Gasteiger partial charge in [-0.1, -0.05) is 6.07 Å². The molecule has 6 rings (SSSR count). The Labute approximate surface area is 244 Å². The number of benzene rings is 2. The summed E-state index contributed by atoms with van der Waals surface area (Å²) in [6.07, 6.45) is 3.37. The molecule has 42 heavy (non-hydrogen) atoms. The van der Waals surface area contributed by atoms with Crippen LogP contribution in [0.2, 0.25) is 0 Å². The lowest BCUT2D eigenvalue weighted by Crippen LogP contribution is -2.44. The van der Waals surface area contributed by atoms with E-state index in [2.05, 4.69) is 80.3 Å². The Hall–Kier alpha value is -4.57. The van der Waals surface area contributed by atoms with E-state index in [1.165, 1.54) is 0 Å². The van der Waals surface area contributed by atoms with E-state index in [0.717, 1.165) is 76.2 Å². The van der Waals surface area contributed by atoms with Gasteiger partial charge in [-0.3, -0.25) is 14.3 Å². The number of carbonyl (C=O) groups excluding carboxylic acids is 1. The molecule has 2 N–H and O–H groups in total. The summed E-state index contributed by atoms with van der Waals surface area (Å²) in [5.74, 6) is 0.694. The van der Waals surface area contributed by atoms with Gasteiger partial charge in [-0.15, -0.1) is 0 Å². The Morgan fingerprint density at radius 1 is 1.00 bits per heavy atom. The number of aromatic nitrogens is 5. The summed E-state index contributed by atoms with van der Waals surface area (Å²) in [5, 5.41) is 9.35. The van der Waals surface area contributed by atoms with Crippen LogP contribution in [-0.4, -0.2) is 68.8 Å². The first kappa shape index (κ1) is 27.6. The zero-order valence-electron chi connectivity index (χ0n) is 24.7. The zero-order chi connectivity index (χ0) is 29.5. The van der Waals surface area contributed by atoms with Crippen LogP contribution in [0.15, 0.2) is 53.7 Å². The molecule has 4 heterocycles. The second-order valence-corrected chi connectivity index (χ2v) is 11.5. The Kier molecular flexibility index (Phi) is 7.24. The van der Waals surface area contributed by atoms with Gasteiger partial charge < -0.3 is 20.1 Å². The molecule has 1 saturated heterocycles. The number of piperazine rings is 1. The maximum atomic E-state index is 13.6. The highest BCUT2D eigenvalue weighted by Crippen LogP contribution is 2.32. The van der Waals surface area contributed by atoms with Crippen LogP contribution in [0.4, 0.5) is 5.82 Å². The number of pyridine rings is 1. The minimum atomic E-state index is -0.259. The molecular formula is C32H36N8O2. The van der Waals surface area contributed by atoms with Crippen molar-refractivity contribution in [2.45, 2.75) is 40.3 Å². The molecule has 0 saturated carbocycles. The quantitative estimate of drug-likeness (QED) is 0.318. The molecular weight excluding hydrogens is 528 g/mol. The van der Waals surface area contributed by atoms with Crippen molar-refractivity contribution in [3.8, 4) is 11.1 Å². The average molecular weight is 565 g/mol. The topological polar surface area (TPSA) is 112 Å². The number of likely N-dealkylation sites (N-methyl/N-ethyl adjacent to an activating group) is 1. The number of aromatic amines is 1. The van der Waals surface area contributed by atoms with E-state index in [1.807, 2.05) is 30.7 Å². The van der Waals surface area contributed by atoms with Gasteiger partial charge in [-0.05, 0) is 81.8 Å². The van der Waals surface area contributed by atoms with Crippen LogP contribution in [0.1, 0.15) is 47.1 Å². The van der Waals surface area contributed by atoms with E-state index in [0.29, 0.717) is 11.1 Å². The number of H-pyrrole nitrogens is 1. The van der Waals surface area contributed by atoms with Crippen LogP contribution in [0.5, 0.6) is 0 Å². The molecule has 0 atom stereocenters. The van der Waals surface area contributed by atoms with Crippen molar-refractivity contribution in [2.75, 3.05) is 38.1 Å². The summed E-state index contributed by atoms with van der Waals surface area (Å²) in [4.78, 5) is 42.9. The molecule has 0 spiro atoms. The summed E-state index contributed by atoms with van der Waals surface area (Å²) in [6, 6.07) is 12.2. The standard InChI is InChI=1S/C32H36N8O2/c1-19(2)40-29-15-23(22-6-7-24-28(14-22)34-18-35-30(24)39-10-8-38(5)9-11-39)13-25(27(29)17-36-40)31(41)33-16-26-20(3)12-21(4)37-32(26)42/h6-7,12-15,17-19H,8-11,16H2,1-5H3,(H,33,41)(H,37,42). The summed E-state index contributed by atoms with van der Waals surface area (Å²) >= 11 is 0. The third-order valence-electron chi connectivity index (χ3n) is 8.12. The first-order valence-electron chi connectivity index (χ1n) is 14.4. The van der Waals surface area contributed by atoms with Crippen molar-refractivity contribution in [1.29, 1.82) is 0 Å². The molecule has 0 unspecified atom stereocenters. The van der Waals surface area contributed by atoms with E-state index >= 15 is 0 Å². The summed E-state index contributed by atoms with van der Waals surface area (Å²) < 4.78 is 1.93. The maximum Gasteiger partial charge on any atom is 0.253 e. The lowest BCUT2D eigenvalue weighted by Gasteiger charge is -2.33. The lowest BCUT2D eigenvalue weighted by molar-refractivity contribution is 0.0952. The van der Waals surface area contributed by atoms with Crippen LogP contribution in [0.25, 0.3) is 32.9 Å². The molecule has 0 radical (unpaired) electrons. The number of nitrogens with zero attached hydrogens (tertiary/aromatic N) is 6. The molecule has 0 bridgehead atoms. The predicted octanol–water partition coefficient (Wildman–Crippen LogP) is 4.21. The van der Waals surface area contributed by atoms with E-state index in [4.69, 9.17) is 0 Å². The number of carbonyl (C=O) groups is 1. The molecule has 1 aliphatic heterocycles. The van der Waals surface area contributed by atoms with E-state index in [-0.39, 0.29) is 24.1 Å². The average Bonchev–Trinajstić information content (AvgIpc) is 3.40. The van der Waals surface area contributed by atoms with Crippen LogP contribution in [0.3, 0.4) is 0 Å². The van der Waals surface area contributed by atoms with E-state index in [9.17, 15) is 9.59 Å². The lowest BCUT2D eigenvalue weighted by atomic mass is 9.98. The summed E-state index contributed by atoms with van der Waals surface area (Å²) in [6.45, 7) is 11.8. The van der Waals surface area contributed by atoms with Gasteiger partial charge in [-0.25, -0.2) is 9.97 Å². The Balaban J connectivity index is 1.39. The highest BCUT2D eigenvalue weighted by atomic mass is 16.1. The van der Waals surface area contributed by atoms with Gasteiger partial charge in [-0.2, -0.15) is 5.10 Å². The number of rotatable bonds is 6. The van der Waals surface area contributed by atoms with Gasteiger partial charge in [0.2, 0.25) is 0 Å². The van der Waals surface area contributed by atoms with Gasteiger partial charge in [0, 0.05) is 60.8 Å². The largest absolute Gasteiger partial charge is 0.353 e.